The third kappa shape index (κ3) is 4.32. The lowest BCUT2D eigenvalue weighted by atomic mass is 10.0. The molecule has 1 saturated carbocycles. The normalized spacial score (nSPS) is 17.7. The van der Waals surface area contributed by atoms with E-state index in [1.54, 1.807) is 0 Å². The Morgan fingerprint density at radius 3 is 2.59 bits per heavy atom. The number of nitrogens with one attached hydrogen (secondary N) is 2. The number of carbonyl (C=O) groups excluding carboxylic acids is 1. The Bertz CT molecular complexity index is 526. The summed E-state index contributed by atoms with van der Waals surface area (Å²) in [4.78, 5) is 13.8. The zero-order valence-corrected chi connectivity index (χ0v) is 13.6. The van der Waals surface area contributed by atoms with Crippen molar-refractivity contribution in [2.75, 3.05) is 13.6 Å². The number of amides is 1. The third-order valence-electron chi connectivity index (χ3n) is 4.50. The second kappa shape index (κ2) is 7.95. The van der Waals surface area contributed by atoms with E-state index in [9.17, 15) is 4.79 Å². The number of quaternary nitrogens is 1. The monoisotopic (exact) mass is 300 g/mol. The predicted molar refractivity (Wildman–Crippen MR) is 86.3 cm³/mol. The van der Waals surface area contributed by atoms with E-state index in [0.29, 0.717) is 19.0 Å². The fraction of sp³-hybridized carbons (Fsp3) is 0.556. The molecular formula is C18H26N3O+. The molecule has 4 nitrogen and oxygen atoms in total. The first kappa shape index (κ1) is 16.5. The highest BCUT2D eigenvalue weighted by Crippen LogP contribution is 2.19. The minimum atomic E-state index is -0.241. The Balaban J connectivity index is 2.14. The van der Waals surface area contributed by atoms with Gasteiger partial charge in [-0.15, -0.1) is 0 Å². The largest absolute Gasteiger partial charge is 0.348 e. The number of hydrogen-bond acceptors (Lipinski definition) is 2. The molecule has 2 unspecified atom stereocenters. The van der Waals surface area contributed by atoms with Gasteiger partial charge in [0.25, 0.3) is 5.91 Å². The van der Waals surface area contributed by atoms with Crippen LogP contribution in [0.1, 0.15) is 49.3 Å². The summed E-state index contributed by atoms with van der Waals surface area (Å²) >= 11 is 0. The van der Waals surface area contributed by atoms with Crippen molar-refractivity contribution in [3.05, 3.63) is 35.4 Å². The second-order valence-electron chi connectivity index (χ2n) is 6.34. The van der Waals surface area contributed by atoms with Crippen LogP contribution < -0.4 is 10.2 Å². The molecule has 0 saturated heterocycles. The van der Waals surface area contributed by atoms with Gasteiger partial charge >= 0.3 is 0 Å². The van der Waals surface area contributed by atoms with Gasteiger partial charge in [-0.2, -0.15) is 5.26 Å². The average molecular weight is 300 g/mol. The van der Waals surface area contributed by atoms with Gasteiger partial charge in [0, 0.05) is 11.6 Å². The molecule has 2 rings (SSSR count). The van der Waals surface area contributed by atoms with E-state index >= 15 is 0 Å². The van der Waals surface area contributed by atoms with Crippen LogP contribution in [0.4, 0.5) is 0 Å². The maximum atomic E-state index is 12.8. The summed E-state index contributed by atoms with van der Waals surface area (Å²) < 4.78 is 0. The molecule has 0 aromatic heterocycles. The maximum Gasteiger partial charge on any atom is 0.283 e. The summed E-state index contributed by atoms with van der Waals surface area (Å²) in [6.07, 6.45) is 5.05. The minimum Gasteiger partial charge on any atom is -0.348 e. The van der Waals surface area contributed by atoms with Crippen LogP contribution in [0.3, 0.4) is 0 Å². The van der Waals surface area contributed by atoms with Gasteiger partial charge < -0.3 is 10.2 Å². The van der Waals surface area contributed by atoms with Gasteiger partial charge in [-0.1, -0.05) is 42.7 Å². The molecule has 1 aliphatic rings. The van der Waals surface area contributed by atoms with Crippen molar-refractivity contribution in [1.29, 1.82) is 5.26 Å². The number of likely N-dealkylation sites (N-methyl/N-ethyl adjacent to an activating group) is 1. The zero-order valence-electron chi connectivity index (χ0n) is 13.6. The van der Waals surface area contributed by atoms with Gasteiger partial charge in [-0.3, -0.25) is 4.79 Å². The molecule has 0 radical (unpaired) electrons. The predicted octanol–water partition coefficient (Wildman–Crippen LogP) is 1.52. The number of rotatable bonds is 6. The molecule has 0 bridgehead atoms. The van der Waals surface area contributed by atoms with Gasteiger partial charge in [-0.05, 0) is 19.8 Å². The molecule has 2 N–H and O–H groups in total. The highest BCUT2D eigenvalue weighted by Gasteiger charge is 2.31. The number of aryl methyl sites for hydroxylation is 1. The van der Waals surface area contributed by atoms with Gasteiger partial charge in [0.05, 0.1) is 26.1 Å². The average Bonchev–Trinajstić information content (AvgIpc) is 3.00. The molecule has 1 aromatic carbocycles. The molecule has 4 heteroatoms. The first-order valence-electron chi connectivity index (χ1n) is 8.18. The van der Waals surface area contributed by atoms with Crippen LogP contribution >= 0.6 is 0 Å². The van der Waals surface area contributed by atoms with Crippen LogP contribution in [0.2, 0.25) is 0 Å². The summed E-state index contributed by atoms with van der Waals surface area (Å²) in [7, 11) is 2.00. The van der Waals surface area contributed by atoms with E-state index < -0.39 is 0 Å². The van der Waals surface area contributed by atoms with E-state index in [0.717, 1.165) is 23.3 Å². The highest BCUT2D eigenvalue weighted by atomic mass is 16.2. The third-order valence-corrected chi connectivity index (χ3v) is 4.50. The van der Waals surface area contributed by atoms with Gasteiger partial charge in [-0.25, -0.2) is 0 Å². The number of benzene rings is 1. The molecule has 0 spiro atoms. The topological polar surface area (TPSA) is 57.3 Å². The summed E-state index contributed by atoms with van der Waals surface area (Å²) in [5.74, 6) is 0.0891. The first-order valence-corrected chi connectivity index (χ1v) is 8.18. The second-order valence-corrected chi connectivity index (χ2v) is 6.34. The molecule has 0 aliphatic heterocycles. The Kier molecular flexibility index (Phi) is 5.97. The van der Waals surface area contributed by atoms with Gasteiger partial charge in [0.1, 0.15) is 0 Å². The summed E-state index contributed by atoms with van der Waals surface area (Å²) in [6, 6.07) is 10.4. The molecule has 1 amide bonds. The van der Waals surface area contributed by atoms with E-state index in [2.05, 4.69) is 11.4 Å². The summed E-state index contributed by atoms with van der Waals surface area (Å²) in [6.45, 7) is 2.72. The van der Waals surface area contributed by atoms with Crippen LogP contribution in [0.25, 0.3) is 0 Å². The van der Waals surface area contributed by atoms with Crippen molar-refractivity contribution in [3.63, 3.8) is 0 Å². The van der Waals surface area contributed by atoms with Crippen LogP contribution in [0.15, 0.2) is 24.3 Å². The van der Waals surface area contributed by atoms with E-state index in [4.69, 9.17) is 5.26 Å². The SMILES string of the molecule is Cc1ccc(C(C(=O)NC2CCCC2)[NH+](C)CCC#N)cc1. The Morgan fingerprint density at radius 2 is 2.00 bits per heavy atom. The van der Waals surface area contributed by atoms with Crippen molar-refractivity contribution in [2.45, 2.75) is 51.1 Å². The van der Waals surface area contributed by atoms with E-state index in [1.165, 1.54) is 18.4 Å². The van der Waals surface area contributed by atoms with Crippen LogP contribution in [-0.4, -0.2) is 25.5 Å². The van der Waals surface area contributed by atoms with Crippen molar-refractivity contribution < 1.29 is 9.69 Å². The highest BCUT2D eigenvalue weighted by molar-refractivity contribution is 5.82. The lowest BCUT2D eigenvalue weighted by Crippen LogP contribution is -3.10. The summed E-state index contributed by atoms with van der Waals surface area (Å²) in [5, 5.41) is 12.0. The minimum absolute atomic E-state index is 0.0891. The van der Waals surface area contributed by atoms with Gasteiger partial charge in [0.2, 0.25) is 0 Å². The zero-order chi connectivity index (χ0) is 15.9. The van der Waals surface area contributed by atoms with Gasteiger partial charge in [0.15, 0.2) is 6.04 Å². The molecule has 1 aromatic rings. The smallest absolute Gasteiger partial charge is 0.283 e. The molecular weight excluding hydrogens is 274 g/mol. The maximum absolute atomic E-state index is 12.8. The van der Waals surface area contributed by atoms with Crippen LogP contribution in [-0.2, 0) is 4.79 Å². The van der Waals surface area contributed by atoms with E-state index in [1.807, 2.05) is 38.2 Å². The molecule has 1 aliphatic carbocycles. The fourth-order valence-electron chi connectivity index (χ4n) is 3.17. The number of carbonyl (C=O) groups is 1. The first-order chi connectivity index (χ1) is 10.6. The molecule has 1 fully saturated rings. The lowest BCUT2D eigenvalue weighted by molar-refractivity contribution is -0.901. The number of hydrogen-bond donors (Lipinski definition) is 2. The number of nitrogens with zero attached hydrogens (tertiary/aromatic N) is 1. The Hall–Kier alpha value is -1.86. The summed E-state index contributed by atoms with van der Waals surface area (Å²) in [5.41, 5.74) is 2.21. The van der Waals surface area contributed by atoms with Crippen molar-refractivity contribution in [3.8, 4) is 6.07 Å². The Morgan fingerprint density at radius 1 is 1.36 bits per heavy atom. The van der Waals surface area contributed by atoms with Crippen molar-refractivity contribution >= 4 is 5.91 Å². The number of nitriles is 1. The fourth-order valence-corrected chi connectivity index (χ4v) is 3.17. The van der Waals surface area contributed by atoms with Crippen molar-refractivity contribution in [2.24, 2.45) is 0 Å². The van der Waals surface area contributed by atoms with E-state index in [-0.39, 0.29) is 11.9 Å². The standard InChI is InChI=1S/C18H25N3O/c1-14-8-10-15(11-9-14)17(21(2)13-5-12-19)18(22)20-16-6-3-4-7-16/h8-11,16-17H,3-7,13H2,1-2H3,(H,20,22)/p+1. The quantitative estimate of drug-likeness (QED) is 0.837. The van der Waals surface area contributed by atoms with Crippen LogP contribution in [0, 0.1) is 18.3 Å². The Labute approximate surface area is 133 Å². The van der Waals surface area contributed by atoms with Crippen LogP contribution in [0.5, 0.6) is 0 Å². The molecule has 0 heterocycles. The molecule has 118 valence electrons. The molecule has 2 atom stereocenters. The lowest BCUT2D eigenvalue weighted by Gasteiger charge is -2.25. The molecule has 22 heavy (non-hydrogen) atoms. The van der Waals surface area contributed by atoms with Crippen molar-refractivity contribution in [1.82, 2.24) is 5.32 Å².